The van der Waals surface area contributed by atoms with Crippen LogP contribution in [0.1, 0.15) is 34.1 Å². The highest BCUT2D eigenvalue weighted by Crippen LogP contribution is 2.31. The SMILES string of the molecule is CCCNC(=O)c1cc(NC(=O)c2cccc(OC)c2)ccc1N1CCN(c2ccccc2OC)CC1. The molecule has 0 bridgehead atoms. The predicted molar refractivity (Wildman–Crippen MR) is 147 cm³/mol. The lowest BCUT2D eigenvalue weighted by molar-refractivity contribution is 0.0952. The zero-order chi connectivity index (χ0) is 26.2. The molecule has 3 aromatic rings. The topological polar surface area (TPSA) is 83.1 Å². The number of carbonyl (C=O) groups is 2. The van der Waals surface area contributed by atoms with Gasteiger partial charge in [0.05, 0.1) is 25.5 Å². The van der Waals surface area contributed by atoms with Crippen LogP contribution in [0.3, 0.4) is 0 Å². The van der Waals surface area contributed by atoms with Gasteiger partial charge >= 0.3 is 0 Å². The summed E-state index contributed by atoms with van der Waals surface area (Å²) in [5.41, 5.74) is 3.51. The summed E-state index contributed by atoms with van der Waals surface area (Å²) in [4.78, 5) is 30.5. The van der Waals surface area contributed by atoms with Gasteiger partial charge in [0.2, 0.25) is 0 Å². The lowest BCUT2D eigenvalue weighted by Gasteiger charge is -2.38. The molecule has 194 valence electrons. The maximum atomic E-state index is 13.1. The molecule has 0 atom stereocenters. The Hall–Kier alpha value is -4.20. The van der Waals surface area contributed by atoms with E-state index >= 15 is 0 Å². The fourth-order valence-electron chi connectivity index (χ4n) is 4.45. The van der Waals surface area contributed by atoms with Crippen LogP contribution in [0.25, 0.3) is 0 Å². The Morgan fingerprint density at radius 2 is 1.54 bits per heavy atom. The van der Waals surface area contributed by atoms with E-state index in [2.05, 4.69) is 26.5 Å². The van der Waals surface area contributed by atoms with Crippen LogP contribution < -0.4 is 29.9 Å². The van der Waals surface area contributed by atoms with E-state index < -0.39 is 0 Å². The van der Waals surface area contributed by atoms with Crippen molar-refractivity contribution in [3.63, 3.8) is 0 Å². The second-order valence-electron chi connectivity index (χ2n) is 8.82. The molecule has 4 rings (SSSR count). The first-order valence-corrected chi connectivity index (χ1v) is 12.5. The summed E-state index contributed by atoms with van der Waals surface area (Å²) in [6, 6.07) is 20.5. The molecule has 0 spiro atoms. The van der Waals surface area contributed by atoms with Crippen LogP contribution in [0.2, 0.25) is 0 Å². The Morgan fingerprint density at radius 3 is 2.24 bits per heavy atom. The summed E-state index contributed by atoms with van der Waals surface area (Å²) >= 11 is 0. The third kappa shape index (κ3) is 6.14. The molecule has 1 aliphatic rings. The van der Waals surface area contributed by atoms with E-state index in [0.717, 1.165) is 49.7 Å². The Kier molecular flexibility index (Phi) is 8.51. The van der Waals surface area contributed by atoms with Gasteiger partial charge in [0, 0.05) is 49.7 Å². The summed E-state index contributed by atoms with van der Waals surface area (Å²) in [7, 11) is 3.25. The van der Waals surface area contributed by atoms with E-state index in [1.165, 1.54) is 0 Å². The van der Waals surface area contributed by atoms with E-state index in [1.54, 1.807) is 44.6 Å². The van der Waals surface area contributed by atoms with Gasteiger partial charge in [-0.3, -0.25) is 9.59 Å². The normalized spacial score (nSPS) is 13.2. The summed E-state index contributed by atoms with van der Waals surface area (Å²) in [6.45, 7) is 5.70. The van der Waals surface area contributed by atoms with Crippen molar-refractivity contribution in [1.29, 1.82) is 0 Å². The molecule has 1 aliphatic heterocycles. The van der Waals surface area contributed by atoms with E-state index in [0.29, 0.717) is 29.1 Å². The van der Waals surface area contributed by atoms with Crippen LogP contribution in [0, 0.1) is 0 Å². The van der Waals surface area contributed by atoms with Crippen molar-refractivity contribution >= 4 is 28.9 Å². The molecule has 0 unspecified atom stereocenters. The summed E-state index contributed by atoms with van der Waals surface area (Å²) < 4.78 is 10.8. The number of rotatable bonds is 9. The number of hydrogen-bond donors (Lipinski definition) is 2. The van der Waals surface area contributed by atoms with Crippen LogP contribution in [0.15, 0.2) is 66.7 Å². The fraction of sp³-hybridized carbons (Fsp3) is 0.310. The largest absolute Gasteiger partial charge is 0.497 e. The molecular weight excluding hydrogens is 468 g/mol. The summed E-state index contributed by atoms with van der Waals surface area (Å²) in [5.74, 6) is 1.04. The molecule has 8 nitrogen and oxygen atoms in total. The molecule has 0 saturated carbocycles. The third-order valence-electron chi connectivity index (χ3n) is 6.41. The highest BCUT2D eigenvalue weighted by molar-refractivity contribution is 6.06. The van der Waals surface area contributed by atoms with Crippen LogP contribution in [0.5, 0.6) is 11.5 Å². The maximum Gasteiger partial charge on any atom is 0.255 e. The van der Waals surface area contributed by atoms with E-state index in [4.69, 9.17) is 9.47 Å². The van der Waals surface area contributed by atoms with Crippen LogP contribution in [0.4, 0.5) is 17.1 Å². The van der Waals surface area contributed by atoms with Gasteiger partial charge in [-0.25, -0.2) is 0 Å². The minimum Gasteiger partial charge on any atom is -0.497 e. The number of methoxy groups -OCH3 is 2. The number of nitrogens with zero attached hydrogens (tertiary/aromatic N) is 2. The summed E-state index contributed by atoms with van der Waals surface area (Å²) in [5, 5.41) is 5.90. The van der Waals surface area contributed by atoms with Crippen LogP contribution >= 0.6 is 0 Å². The zero-order valence-electron chi connectivity index (χ0n) is 21.6. The van der Waals surface area contributed by atoms with Crippen molar-refractivity contribution in [3.05, 3.63) is 77.9 Å². The average Bonchev–Trinajstić information content (AvgIpc) is 2.96. The fourth-order valence-corrected chi connectivity index (χ4v) is 4.45. The Bertz CT molecular complexity index is 1240. The standard InChI is InChI=1S/C29H34N4O4/c1-4-14-30-29(35)24-20-22(31-28(34)21-8-7-9-23(19-21)36-2)12-13-25(24)32-15-17-33(18-16-32)26-10-5-6-11-27(26)37-3/h5-13,19-20H,4,14-18H2,1-3H3,(H,30,35)(H,31,34). The molecule has 3 aromatic carbocycles. The molecular formula is C29H34N4O4. The molecule has 37 heavy (non-hydrogen) atoms. The number of carbonyl (C=O) groups excluding carboxylic acids is 2. The van der Waals surface area contributed by atoms with Crippen LogP contribution in [-0.4, -0.2) is 58.8 Å². The number of hydrogen-bond acceptors (Lipinski definition) is 6. The molecule has 2 N–H and O–H groups in total. The Balaban J connectivity index is 1.53. The molecule has 1 saturated heterocycles. The first kappa shape index (κ1) is 25.9. The van der Waals surface area contributed by atoms with Gasteiger partial charge in [-0.1, -0.05) is 25.1 Å². The number of ether oxygens (including phenoxy) is 2. The van der Waals surface area contributed by atoms with Gasteiger partial charge in [0.25, 0.3) is 11.8 Å². The first-order chi connectivity index (χ1) is 18.0. The van der Waals surface area contributed by atoms with Gasteiger partial charge in [-0.2, -0.15) is 0 Å². The van der Waals surface area contributed by atoms with Gasteiger partial charge < -0.3 is 29.9 Å². The minimum atomic E-state index is -0.267. The van der Waals surface area contributed by atoms with Crippen molar-refractivity contribution in [2.24, 2.45) is 0 Å². The van der Waals surface area contributed by atoms with E-state index in [9.17, 15) is 9.59 Å². The number of amides is 2. The molecule has 0 aliphatic carbocycles. The molecule has 8 heteroatoms. The average molecular weight is 503 g/mol. The van der Waals surface area contributed by atoms with E-state index in [-0.39, 0.29) is 11.8 Å². The third-order valence-corrected chi connectivity index (χ3v) is 6.41. The molecule has 0 aromatic heterocycles. The number of anilines is 3. The maximum absolute atomic E-state index is 13.1. The lowest BCUT2D eigenvalue weighted by Crippen LogP contribution is -2.47. The molecule has 2 amide bonds. The molecule has 1 heterocycles. The van der Waals surface area contributed by atoms with Crippen LogP contribution in [-0.2, 0) is 0 Å². The smallest absolute Gasteiger partial charge is 0.255 e. The molecule has 0 radical (unpaired) electrons. The number of benzene rings is 3. The zero-order valence-corrected chi connectivity index (χ0v) is 21.6. The van der Waals surface area contributed by atoms with Gasteiger partial charge in [0.1, 0.15) is 11.5 Å². The predicted octanol–water partition coefficient (Wildman–Crippen LogP) is 4.42. The Morgan fingerprint density at radius 1 is 0.811 bits per heavy atom. The quantitative estimate of drug-likeness (QED) is 0.451. The minimum absolute atomic E-state index is 0.151. The first-order valence-electron chi connectivity index (χ1n) is 12.5. The van der Waals surface area contributed by atoms with Crippen molar-refractivity contribution in [3.8, 4) is 11.5 Å². The van der Waals surface area contributed by atoms with Gasteiger partial charge in [-0.15, -0.1) is 0 Å². The lowest BCUT2D eigenvalue weighted by atomic mass is 10.1. The highest BCUT2D eigenvalue weighted by atomic mass is 16.5. The van der Waals surface area contributed by atoms with Crippen molar-refractivity contribution in [2.75, 3.05) is 62.1 Å². The van der Waals surface area contributed by atoms with Gasteiger partial charge in [-0.05, 0) is 55.0 Å². The summed E-state index contributed by atoms with van der Waals surface area (Å²) in [6.07, 6.45) is 0.838. The monoisotopic (exact) mass is 502 g/mol. The van der Waals surface area contributed by atoms with Crippen molar-refractivity contribution < 1.29 is 19.1 Å². The number of para-hydroxylation sites is 2. The number of nitrogens with one attached hydrogen (secondary N) is 2. The number of piperazine rings is 1. The van der Waals surface area contributed by atoms with Crippen molar-refractivity contribution in [2.45, 2.75) is 13.3 Å². The second kappa shape index (κ2) is 12.2. The second-order valence-corrected chi connectivity index (χ2v) is 8.82. The van der Waals surface area contributed by atoms with E-state index in [1.807, 2.05) is 37.3 Å². The molecule has 1 fully saturated rings. The van der Waals surface area contributed by atoms with Gasteiger partial charge in [0.15, 0.2) is 0 Å². The highest BCUT2D eigenvalue weighted by Gasteiger charge is 2.24. The Labute approximate surface area is 218 Å². The van der Waals surface area contributed by atoms with Crippen molar-refractivity contribution in [1.82, 2.24) is 5.32 Å².